The van der Waals surface area contributed by atoms with E-state index in [9.17, 15) is 4.79 Å². The van der Waals surface area contributed by atoms with Crippen molar-refractivity contribution in [1.29, 1.82) is 0 Å². The molecule has 3 nitrogen and oxygen atoms in total. The van der Waals surface area contributed by atoms with Crippen LogP contribution < -0.4 is 5.73 Å². The lowest BCUT2D eigenvalue weighted by molar-refractivity contribution is -0.164. The molecule has 5 atom stereocenters. The molecule has 0 aliphatic heterocycles. The summed E-state index contributed by atoms with van der Waals surface area (Å²) in [5.74, 6) is 1.08. The van der Waals surface area contributed by atoms with Crippen LogP contribution in [0.2, 0.25) is 0 Å². The second-order valence-corrected chi connectivity index (χ2v) is 7.73. The van der Waals surface area contributed by atoms with Crippen molar-refractivity contribution in [3.63, 3.8) is 0 Å². The highest BCUT2D eigenvalue weighted by Crippen LogP contribution is 2.45. The Balaban J connectivity index is 1.98. The molecular weight excluding hydrogens is 250 g/mol. The van der Waals surface area contributed by atoms with Crippen LogP contribution in [0.3, 0.4) is 0 Å². The predicted octanol–water partition coefficient (Wildman–Crippen LogP) is 3.51. The van der Waals surface area contributed by atoms with Crippen molar-refractivity contribution in [2.75, 3.05) is 0 Å². The minimum atomic E-state index is -0.0605. The average molecular weight is 281 g/mol. The van der Waals surface area contributed by atoms with Gasteiger partial charge in [0.25, 0.3) is 0 Å². The van der Waals surface area contributed by atoms with Gasteiger partial charge in [0.1, 0.15) is 6.10 Å². The van der Waals surface area contributed by atoms with Crippen molar-refractivity contribution in [3.8, 4) is 0 Å². The maximum Gasteiger partial charge on any atom is 0.309 e. The first-order chi connectivity index (χ1) is 9.32. The molecule has 2 rings (SSSR count). The highest BCUT2D eigenvalue weighted by molar-refractivity contribution is 5.73. The Labute approximate surface area is 123 Å². The minimum Gasteiger partial charge on any atom is -0.462 e. The van der Waals surface area contributed by atoms with E-state index in [4.69, 9.17) is 10.5 Å². The average Bonchev–Trinajstić information content (AvgIpc) is 2.36. The number of nitrogens with two attached hydrogens (primary N) is 1. The van der Waals surface area contributed by atoms with Gasteiger partial charge in [0, 0.05) is 6.04 Å². The van der Waals surface area contributed by atoms with Gasteiger partial charge >= 0.3 is 5.97 Å². The second-order valence-electron chi connectivity index (χ2n) is 7.73. The second kappa shape index (κ2) is 6.05. The van der Waals surface area contributed by atoms with E-state index in [1.165, 1.54) is 12.8 Å². The van der Waals surface area contributed by atoms with Crippen molar-refractivity contribution in [2.24, 2.45) is 28.9 Å². The number of ether oxygens (including phenoxy) is 1. The monoisotopic (exact) mass is 281 g/mol. The molecule has 2 aliphatic rings. The summed E-state index contributed by atoms with van der Waals surface area (Å²) in [4.78, 5) is 12.6. The van der Waals surface area contributed by atoms with Crippen LogP contribution in [0.1, 0.15) is 66.2 Å². The molecule has 2 fully saturated rings. The Morgan fingerprint density at radius 3 is 2.50 bits per heavy atom. The van der Waals surface area contributed by atoms with Crippen molar-refractivity contribution >= 4 is 5.97 Å². The lowest BCUT2D eigenvalue weighted by Crippen LogP contribution is -2.50. The molecule has 3 heteroatoms. The molecule has 0 saturated heterocycles. The number of carbonyl (C=O) groups excluding carboxylic acids is 1. The first-order valence-corrected chi connectivity index (χ1v) is 8.28. The van der Waals surface area contributed by atoms with E-state index < -0.39 is 0 Å². The molecule has 0 bridgehead atoms. The maximum atomic E-state index is 12.6. The fourth-order valence-corrected chi connectivity index (χ4v) is 4.00. The lowest BCUT2D eigenvalue weighted by Gasteiger charge is -2.46. The van der Waals surface area contributed by atoms with Crippen molar-refractivity contribution < 1.29 is 9.53 Å². The van der Waals surface area contributed by atoms with Gasteiger partial charge < -0.3 is 10.5 Å². The fraction of sp³-hybridized carbons (Fsp3) is 0.941. The summed E-state index contributed by atoms with van der Waals surface area (Å²) in [7, 11) is 0. The Hall–Kier alpha value is -0.570. The summed E-state index contributed by atoms with van der Waals surface area (Å²) in [5, 5.41) is 0. The van der Waals surface area contributed by atoms with Gasteiger partial charge in [-0.05, 0) is 49.4 Å². The molecule has 5 unspecified atom stereocenters. The molecule has 0 aromatic heterocycles. The maximum absolute atomic E-state index is 12.6. The molecule has 116 valence electrons. The smallest absolute Gasteiger partial charge is 0.309 e. The van der Waals surface area contributed by atoms with Gasteiger partial charge in [-0.15, -0.1) is 0 Å². The summed E-state index contributed by atoms with van der Waals surface area (Å²) in [5.41, 5.74) is 6.11. The molecule has 20 heavy (non-hydrogen) atoms. The highest BCUT2D eigenvalue weighted by atomic mass is 16.5. The zero-order valence-electron chi connectivity index (χ0n) is 13.5. The molecule has 0 heterocycles. The van der Waals surface area contributed by atoms with Gasteiger partial charge in [-0.3, -0.25) is 4.79 Å². The predicted molar refractivity (Wildman–Crippen MR) is 81.2 cm³/mol. The summed E-state index contributed by atoms with van der Waals surface area (Å²) in [6, 6.07) is 0.212. The zero-order valence-corrected chi connectivity index (χ0v) is 13.5. The van der Waals surface area contributed by atoms with Gasteiger partial charge in [-0.1, -0.05) is 34.1 Å². The fourth-order valence-electron chi connectivity index (χ4n) is 4.00. The van der Waals surface area contributed by atoms with Crippen LogP contribution in [0.5, 0.6) is 0 Å². The highest BCUT2D eigenvalue weighted by Gasteiger charge is 2.46. The third-order valence-corrected chi connectivity index (χ3v) is 5.96. The molecule has 0 aromatic carbocycles. The van der Waals surface area contributed by atoms with E-state index in [-0.39, 0.29) is 29.4 Å². The van der Waals surface area contributed by atoms with E-state index in [1.54, 1.807) is 0 Å². The summed E-state index contributed by atoms with van der Waals surface area (Å²) >= 11 is 0. The topological polar surface area (TPSA) is 52.3 Å². The molecular formula is C17H31NO2. The van der Waals surface area contributed by atoms with E-state index in [2.05, 4.69) is 27.7 Å². The quantitative estimate of drug-likeness (QED) is 0.788. The Morgan fingerprint density at radius 2 is 1.85 bits per heavy atom. The van der Waals surface area contributed by atoms with Crippen LogP contribution in [-0.4, -0.2) is 18.1 Å². The van der Waals surface area contributed by atoms with Crippen molar-refractivity contribution in [1.82, 2.24) is 0 Å². The first-order valence-electron chi connectivity index (χ1n) is 8.28. The van der Waals surface area contributed by atoms with Crippen molar-refractivity contribution in [2.45, 2.75) is 78.4 Å². The van der Waals surface area contributed by atoms with E-state index in [0.29, 0.717) is 11.8 Å². The molecule has 0 radical (unpaired) electrons. The van der Waals surface area contributed by atoms with Crippen LogP contribution in [0.25, 0.3) is 0 Å². The lowest BCUT2D eigenvalue weighted by atomic mass is 9.61. The van der Waals surface area contributed by atoms with E-state index in [0.717, 1.165) is 25.7 Å². The number of hydrogen-bond acceptors (Lipinski definition) is 3. The van der Waals surface area contributed by atoms with Crippen LogP contribution >= 0.6 is 0 Å². The van der Waals surface area contributed by atoms with Gasteiger partial charge in [0.2, 0.25) is 0 Å². The Bertz CT molecular complexity index is 353. The number of hydrogen-bond donors (Lipinski definition) is 1. The van der Waals surface area contributed by atoms with Crippen LogP contribution in [0.15, 0.2) is 0 Å². The summed E-state index contributed by atoms with van der Waals surface area (Å²) in [6.07, 6.45) is 6.49. The molecule has 0 aromatic rings. The molecule has 0 spiro atoms. The van der Waals surface area contributed by atoms with Crippen LogP contribution in [0, 0.1) is 23.2 Å². The Morgan fingerprint density at radius 1 is 1.15 bits per heavy atom. The molecule has 2 aliphatic carbocycles. The van der Waals surface area contributed by atoms with Gasteiger partial charge in [0.05, 0.1) is 5.92 Å². The Kier molecular flexibility index (Phi) is 4.78. The van der Waals surface area contributed by atoms with Gasteiger partial charge in [-0.2, -0.15) is 0 Å². The van der Waals surface area contributed by atoms with E-state index >= 15 is 0 Å². The standard InChI is InChI=1S/C17H31NO2/c1-11-6-5-7-13(10-11)20-16(19)14-8-9-15(18)12(2)17(14,3)4/h11-15H,5-10,18H2,1-4H3. The van der Waals surface area contributed by atoms with E-state index in [1.807, 2.05) is 0 Å². The number of rotatable bonds is 2. The summed E-state index contributed by atoms with van der Waals surface area (Å²) < 4.78 is 5.84. The zero-order chi connectivity index (χ0) is 14.9. The third kappa shape index (κ3) is 3.19. The van der Waals surface area contributed by atoms with Gasteiger partial charge in [0.15, 0.2) is 0 Å². The number of carbonyl (C=O) groups is 1. The van der Waals surface area contributed by atoms with Crippen molar-refractivity contribution in [3.05, 3.63) is 0 Å². The molecule has 0 amide bonds. The molecule has 2 saturated carbocycles. The van der Waals surface area contributed by atoms with Gasteiger partial charge in [-0.25, -0.2) is 0 Å². The minimum absolute atomic E-state index is 0.00883. The summed E-state index contributed by atoms with van der Waals surface area (Å²) in [6.45, 7) is 8.77. The SMILES string of the molecule is CC1CCCC(OC(=O)C2CCC(N)C(C)C2(C)C)C1. The third-order valence-electron chi connectivity index (χ3n) is 5.96. The largest absolute Gasteiger partial charge is 0.462 e. The molecule has 2 N–H and O–H groups in total. The normalized spacial score (nSPS) is 41.1. The van der Waals surface area contributed by atoms with Crippen LogP contribution in [-0.2, 0) is 9.53 Å². The first kappa shape index (κ1) is 15.8. The number of esters is 1. The van der Waals surface area contributed by atoms with Crippen LogP contribution in [0.4, 0.5) is 0 Å².